The summed E-state index contributed by atoms with van der Waals surface area (Å²) in [6.07, 6.45) is -0.288. The van der Waals surface area contributed by atoms with Gasteiger partial charge in [-0.3, -0.25) is 9.59 Å². The zero-order chi connectivity index (χ0) is 17.5. The summed E-state index contributed by atoms with van der Waals surface area (Å²) in [7, 11) is 0. The number of amides is 1. The maximum atomic E-state index is 12.6. The van der Waals surface area contributed by atoms with Gasteiger partial charge in [0.2, 0.25) is 0 Å². The van der Waals surface area contributed by atoms with Crippen molar-refractivity contribution in [3.8, 4) is 0 Å². The summed E-state index contributed by atoms with van der Waals surface area (Å²) in [4.78, 5) is 24.8. The normalized spacial score (nSPS) is 19.3. The van der Waals surface area contributed by atoms with Gasteiger partial charge in [-0.05, 0) is 29.7 Å². The van der Waals surface area contributed by atoms with E-state index in [1.54, 1.807) is 30.3 Å². The van der Waals surface area contributed by atoms with Crippen LogP contribution in [-0.4, -0.2) is 16.8 Å². The Morgan fingerprint density at radius 2 is 1.88 bits per heavy atom. The summed E-state index contributed by atoms with van der Waals surface area (Å²) < 4.78 is 0.741. The predicted molar refractivity (Wildman–Crippen MR) is 96.1 cm³/mol. The average Bonchev–Trinajstić information content (AvgIpc) is 2.78. The maximum Gasteiger partial charge on any atom is 0.261 e. The second-order valence-corrected chi connectivity index (χ2v) is 7.30. The first kappa shape index (κ1) is 16.9. The molecule has 24 heavy (non-hydrogen) atoms. The van der Waals surface area contributed by atoms with Gasteiger partial charge in [0.1, 0.15) is 0 Å². The Balaban J connectivity index is 1.89. The molecule has 0 aliphatic carbocycles. The van der Waals surface area contributed by atoms with E-state index < -0.39 is 11.5 Å². The number of Topliss-reactive ketones (excluding diaryl/α,β-unsaturated/α-hetero) is 1. The molecule has 0 fully saturated rings. The van der Waals surface area contributed by atoms with Gasteiger partial charge in [0.05, 0.1) is 6.42 Å². The number of nitrogens with one attached hydrogen (secondary N) is 1. The van der Waals surface area contributed by atoms with E-state index in [0.717, 1.165) is 10.0 Å². The zero-order valence-electron chi connectivity index (χ0n) is 13.5. The van der Waals surface area contributed by atoms with Gasteiger partial charge in [0.15, 0.2) is 11.4 Å². The molecule has 0 bridgehead atoms. The molecule has 0 unspecified atom stereocenters. The van der Waals surface area contributed by atoms with E-state index >= 15 is 0 Å². The van der Waals surface area contributed by atoms with E-state index in [4.69, 9.17) is 0 Å². The highest BCUT2D eigenvalue weighted by Crippen LogP contribution is 2.40. The highest BCUT2D eigenvalue weighted by molar-refractivity contribution is 9.10. The van der Waals surface area contributed by atoms with E-state index in [9.17, 15) is 14.7 Å². The Labute approximate surface area is 149 Å². The number of aliphatic hydroxyl groups is 1. The van der Waals surface area contributed by atoms with Crippen molar-refractivity contribution in [1.82, 2.24) is 0 Å². The van der Waals surface area contributed by atoms with Gasteiger partial charge < -0.3 is 10.4 Å². The standard InChI is InChI=1S/C19H18BrNO3/c1-11(2)12-3-5-13(6-4-12)17(22)10-19(24)15-9-14(20)7-8-16(15)21-18(19)23/h3-9,11,24H,10H2,1-2H3,(H,21,23)/t19-/m0/s1. The Morgan fingerprint density at radius 3 is 2.50 bits per heavy atom. The summed E-state index contributed by atoms with van der Waals surface area (Å²) in [5, 5.41) is 13.5. The van der Waals surface area contributed by atoms with Crippen molar-refractivity contribution in [3.63, 3.8) is 0 Å². The molecule has 2 aromatic rings. The molecule has 5 heteroatoms. The lowest BCUT2D eigenvalue weighted by atomic mass is 9.88. The summed E-state index contributed by atoms with van der Waals surface area (Å²) >= 11 is 3.33. The van der Waals surface area contributed by atoms with Gasteiger partial charge in [-0.25, -0.2) is 0 Å². The van der Waals surface area contributed by atoms with Gasteiger partial charge in [-0.2, -0.15) is 0 Å². The van der Waals surface area contributed by atoms with E-state index in [-0.39, 0.29) is 12.2 Å². The molecule has 2 aromatic carbocycles. The highest BCUT2D eigenvalue weighted by Gasteiger charge is 2.46. The Hall–Kier alpha value is -1.98. The van der Waals surface area contributed by atoms with Crippen LogP contribution in [0.2, 0.25) is 0 Å². The zero-order valence-corrected chi connectivity index (χ0v) is 15.1. The van der Waals surface area contributed by atoms with Crippen LogP contribution in [0.4, 0.5) is 5.69 Å². The number of hydrogen-bond acceptors (Lipinski definition) is 3. The Morgan fingerprint density at radius 1 is 1.21 bits per heavy atom. The SMILES string of the molecule is CC(C)c1ccc(C(=O)C[C@@]2(O)C(=O)Nc3ccc(Br)cc32)cc1. The lowest BCUT2D eigenvalue weighted by molar-refractivity contribution is -0.133. The van der Waals surface area contributed by atoms with E-state index in [2.05, 4.69) is 35.1 Å². The molecule has 1 aliphatic heterocycles. The van der Waals surface area contributed by atoms with Crippen LogP contribution in [0.5, 0.6) is 0 Å². The third kappa shape index (κ3) is 2.89. The van der Waals surface area contributed by atoms with Crippen LogP contribution < -0.4 is 5.32 Å². The molecule has 124 valence electrons. The number of ketones is 1. The lowest BCUT2D eigenvalue weighted by Crippen LogP contribution is -2.36. The predicted octanol–water partition coefficient (Wildman–Crippen LogP) is 3.99. The number of anilines is 1. The number of carbonyl (C=O) groups is 2. The molecular formula is C19H18BrNO3. The summed E-state index contributed by atoms with van der Waals surface area (Å²) in [5.74, 6) is -0.457. The van der Waals surface area contributed by atoms with Crippen LogP contribution in [0.25, 0.3) is 0 Å². The van der Waals surface area contributed by atoms with Crippen molar-refractivity contribution < 1.29 is 14.7 Å². The van der Waals surface area contributed by atoms with Crippen LogP contribution in [0, 0.1) is 0 Å². The fourth-order valence-electron chi connectivity index (χ4n) is 2.88. The molecule has 2 N–H and O–H groups in total. The van der Waals surface area contributed by atoms with Crippen molar-refractivity contribution in [1.29, 1.82) is 0 Å². The molecule has 1 heterocycles. The summed E-state index contributed by atoms with van der Waals surface area (Å²) in [6.45, 7) is 4.16. The maximum absolute atomic E-state index is 12.6. The molecule has 1 amide bonds. The van der Waals surface area contributed by atoms with Gasteiger partial charge in [-0.15, -0.1) is 0 Å². The summed E-state index contributed by atoms with van der Waals surface area (Å²) in [6, 6.07) is 12.4. The van der Waals surface area contributed by atoms with Gasteiger partial charge in [0, 0.05) is 21.3 Å². The molecule has 0 radical (unpaired) electrons. The van der Waals surface area contributed by atoms with Gasteiger partial charge in [0.25, 0.3) is 5.91 Å². The minimum absolute atomic E-state index is 0.268. The van der Waals surface area contributed by atoms with Crippen LogP contribution in [0.15, 0.2) is 46.9 Å². The van der Waals surface area contributed by atoms with Crippen LogP contribution in [-0.2, 0) is 10.4 Å². The largest absolute Gasteiger partial charge is 0.375 e. The fourth-order valence-corrected chi connectivity index (χ4v) is 3.24. The summed E-state index contributed by atoms with van der Waals surface area (Å²) in [5.41, 5.74) is 0.748. The van der Waals surface area contributed by atoms with E-state index in [1.807, 2.05) is 12.1 Å². The number of fused-ring (bicyclic) bond motifs is 1. The Kier molecular flexibility index (Phi) is 4.32. The van der Waals surface area contributed by atoms with Gasteiger partial charge in [-0.1, -0.05) is 54.0 Å². The van der Waals surface area contributed by atoms with Gasteiger partial charge >= 0.3 is 0 Å². The van der Waals surface area contributed by atoms with Crippen LogP contribution in [0.3, 0.4) is 0 Å². The molecule has 1 atom stereocenters. The van der Waals surface area contributed by atoms with Crippen molar-refractivity contribution in [3.05, 3.63) is 63.6 Å². The highest BCUT2D eigenvalue weighted by atomic mass is 79.9. The first-order valence-corrected chi connectivity index (χ1v) is 8.57. The smallest absolute Gasteiger partial charge is 0.261 e. The minimum atomic E-state index is -1.84. The topological polar surface area (TPSA) is 66.4 Å². The number of rotatable bonds is 4. The number of halogens is 1. The molecule has 0 saturated heterocycles. The third-order valence-electron chi connectivity index (χ3n) is 4.37. The third-order valence-corrected chi connectivity index (χ3v) is 4.86. The number of carbonyl (C=O) groups excluding carboxylic acids is 2. The average molecular weight is 388 g/mol. The molecule has 0 saturated carbocycles. The number of benzene rings is 2. The van der Waals surface area contributed by atoms with Crippen LogP contribution >= 0.6 is 15.9 Å². The van der Waals surface area contributed by atoms with Crippen molar-refractivity contribution in [2.45, 2.75) is 31.8 Å². The minimum Gasteiger partial charge on any atom is -0.375 e. The second kappa shape index (κ2) is 6.15. The first-order chi connectivity index (χ1) is 11.3. The first-order valence-electron chi connectivity index (χ1n) is 7.78. The Bertz CT molecular complexity index is 814. The van der Waals surface area contributed by atoms with Crippen LogP contribution in [0.1, 0.15) is 47.7 Å². The number of hydrogen-bond donors (Lipinski definition) is 2. The molecule has 3 rings (SSSR count). The molecule has 1 aliphatic rings. The molecular weight excluding hydrogens is 370 g/mol. The molecule has 0 aromatic heterocycles. The quantitative estimate of drug-likeness (QED) is 0.779. The van der Waals surface area contributed by atoms with E-state index in [1.165, 1.54) is 0 Å². The van der Waals surface area contributed by atoms with Crippen molar-refractivity contribution in [2.75, 3.05) is 5.32 Å². The fraction of sp³-hybridized carbons (Fsp3) is 0.263. The van der Waals surface area contributed by atoms with Crippen molar-refractivity contribution in [2.24, 2.45) is 0 Å². The van der Waals surface area contributed by atoms with E-state index in [0.29, 0.717) is 22.7 Å². The van der Waals surface area contributed by atoms with Crippen molar-refractivity contribution >= 4 is 33.3 Å². The monoisotopic (exact) mass is 387 g/mol. The second-order valence-electron chi connectivity index (χ2n) is 6.38. The molecule has 0 spiro atoms. The lowest BCUT2D eigenvalue weighted by Gasteiger charge is -2.20. The molecule has 4 nitrogen and oxygen atoms in total.